The minimum absolute atomic E-state index is 0.0185. The normalized spacial score (nSPS) is 10.8. The summed E-state index contributed by atoms with van der Waals surface area (Å²) in [5, 5.41) is 12.1. The molecule has 0 spiro atoms. The zero-order valence-corrected chi connectivity index (χ0v) is 7.09. The van der Waals surface area contributed by atoms with Gasteiger partial charge >= 0.3 is 0 Å². The second kappa shape index (κ2) is 4.27. The van der Waals surface area contributed by atoms with Crippen molar-refractivity contribution < 1.29 is 9.83 Å². The van der Waals surface area contributed by atoms with E-state index >= 15 is 0 Å². The standard InChI is InChI=1S/C5H10N4O3/c1-7(2)5(6-9(11)12)8(3)4-10/h4H,1-3H3. The van der Waals surface area contributed by atoms with Gasteiger partial charge in [-0.2, -0.15) is 0 Å². The molecule has 7 nitrogen and oxygen atoms in total. The topological polar surface area (TPSA) is 79.0 Å². The van der Waals surface area contributed by atoms with Crippen LogP contribution in [0, 0.1) is 10.1 Å². The molecule has 68 valence electrons. The molecule has 0 saturated heterocycles. The summed E-state index contributed by atoms with van der Waals surface area (Å²) in [4.78, 5) is 22.6. The first kappa shape index (κ1) is 10.3. The van der Waals surface area contributed by atoms with E-state index in [0.29, 0.717) is 6.41 Å². The van der Waals surface area contributed by atoms with E-state index in [4.69, 9.17) is 0 Å². The van der Waals surface area contributed by atoms with Gasteiger partial charge in [-0.25, -0.2) is 10.1 Å². The minimum Gasteiger partial charge on any atom is -0.343 e. The highest BCUT2D eigenvalue weighted by Gasteiger charge is 2.12. The number of hydrogen-bond donors (Lipinski definition) is 0. The van der Waals surface area contributed by atoms with E-state index in [-0.39, 0.29) is 5.96 Å². The van der Waals surface area contributed by atoms with Gasteiger partial charge in [-0.05, 0) is 0 Å². The molecule has 0 radical (unpaired) electrons. The number of hydrazone groups is 1. The number of carbonyl (C=O) groups excluding carboxylic acids is 1. The molecule has 0 rings (SSSR count). The Bertz CT molecular complexity index is 213. The highest BCUT2D eigenvalue weighted by Crippen LogP contribution is 1.88. The molecule has 0 aliphatic rings. The fourth-order valence-corrected chi connectivity index (χ4v) is 0.596. The van der Waals surface area contributed by atoms with Gasteiger partial charge in [0.2, 0.25) is 6.41 Å². The lowest BCUT2D eigenvalue weighted by molar-refractivity contribution is -0.486. The Morgan fingerprint density at radius 2 is 2.00 bits per heavy atom. The van der Waals surface area contributed by atoms with Crippen LogP contribution in [-0.4, -0.2) is 48.3 Å². The van der Waals surface area contributed by atoms with E-state index in [9.17, 15) is 14.9 Å². The molecule has 0 saturated carbocycles. The molecule has 1 amide bonds. The average molecular weight is 174 g/mol. The Hall–Kier alpha value is -1.66. The average Bonchev–Trinajstić information content (AvgIpc) is 1.98. The molecule has 0 aliphatic heterocycles. The van der Waals surface area contributed by atoms with Crippen LogP contribution in [-0.2, 0) is 4.79 Å². The number of guanidine groups is 1. The van der Waals surface area contributed by atoms with E-state index in [2.05, 4.69) is 5.10 Å². The van der Waals surface area contributed by atoms with E-state index in [1.807, 2.05) is 0 Å². The van der Waals surface area contributed by atoms with E-state index < -0.39 is 5.03 Å². The molecule has 0 N–H and O–H groups in total. The summed E-state index contributed by atoms with van der Waals surface area (Å²) in [5.74, 6) is -0.0185. The molecule has 0 aromatic heterocycles. The Balaban J connectivity index is 4.65. The number of nitro groups is 1. The molecule has 0 heterocycles. The van der Waals surface area contributed by atoms with Gasteiger partial charge in [0.1, 0.15) is 5.10 Å². The van der Waals surface area contributed by atoms with Crippen LogP contribution in [0.2, 0.25) is 0 Å². The second-order valence-corrected chi connectivity index (χ2v) is 2.25. The SMILES string of the molecule is CN(C)C(=N[N+](=O)[O-])N(C)C=O. The van der Waals surface area contributed by atoms with Crippen molar-refractivity contribution in [2.45, 2.75) is 0 Å². The van der Waals surface area contributed by atoms with Crippen molar-refractivity contribution in [1.82, 2.24) is 9.80 Å². The zero-order chi connectivity index (χ0) is 9.72. The van der Waals surface area contributed by atoms with Crippen LogP contribution >= 0.6 is 0 Å². The van der Waals surface area contributed by atoms with Gasteiger partial charge in [-0.1, -0.05) is 0 Å². The van der Waals surface area contributed by atoms with Gasteiger partial charge in [0.25, 0.3) is 5.96 Å². The van der Waals surface area contributed by atoms with E-state index in [1.165, 1.54) is 11.9 Å². The van der Waals surface area contributed by atoms with E-state index in [0.717, 1.165) is 4.90 Å². The predicted octanol–water partition coefficient (Wildman–Crippen LogP) is -0.816. The predicted molar refractivity (Wildman–Crippen MR) is 41.9 cm³/mol. The lowest BCUT2D eigenvalue weighted by Crippen LogP contribution is -2.37. The van der Waals surface area contributed by atoms with Gasteiger partial charge in [0, 0.05) is 21.1 Å². The summed E-state index contributed by atoms with van der Waals surface area (Å²) in [7, 11) is 4.50. The summed E-state index contributed by atoms with van der Waals surface area (Å²) in [6.45, 7) is 0. The maximum Gasteiger partial charge on any atom is 0.279 e. The quantitative estimate of drug-likeness (QED) is 0.180. The van der Waals surface area contributed by atoms with Crippen LogP contribution in [0.1, 0.15) is 0 Å². The number of rotatable bonds is 2. The van der Waals surface area contributed by atoms with Crippen molar-refractivity contribution in [2.75, 3.05) is 21.1 Å². The van der Waals surface area contributed by atoms with Gasteiger partial charge < -0.3 is 4.90 Å². The third kappa shape index (κ3) is 2.95. The van der Waals surface area contributed by atoms with Crippen molar-refractivity contribution in [3.05, 3.63) is 10.1 Å². The molecule has 0 bridgehead atoms. The lowest BCUT2D eigenvalue weighted by Gasteiger charge is -2.17. The lowest BCUT2D eigenvalue weighted by atomic mass is 10.7. The molecule has 12 heavy (non-hydrogen) atoms. The molecule has 0 aromatic carbocycles. The van der Waals surface area contributed by atoms with Crippen LogP contribution in [0.3, 0.4) is 0 Å². The van der Waals surface area contributed by atoms with Gasteiger partial charge in [-0.3, -0.25) is 9.69 Å². The number of nitrogens with zero attached hydrogens (tertiary/aromatic N) is 4. The summed E-state index contributed by atoms with van der Waals surface area (Å²) >= 11 is 0. The number of amides is 1. The summed E-state index contributed by atoms with van der Waals surface area (Å²) < 4.78 is 0. The third-order valence-electron chi connectivity index (χ3n) is 1.04. The molecular formula is C5H10N4O3. The first-order valence-electron chi connectivity index (χ1n) is 3.07. The summed E-state index contributed by atoms with van der Waals surface area (Å²) in [6.07, 6.45) is 0.447. The van der Waals surface area contributed by atoms with Crippen molar-refractivity contribution in [2.24, 2.45) is 5.10 Å². The Morgan fingerprint density at radius 3 is 2.25 bits per heavy atom. The highest BCUT2D eigenvalue weighted by atomic mass is 16.7. The van der Waals surface area contributed by atoms with Crippen LogP contribution in [0.25, 0.3) is 0 Å². The van der Waals surface area contributed by atoms with Gasteiger partial charge in [0.05, 0.1) is 0 Å². The van der Waals surface area contributed by atoms with Crippen molar-refractivity contribution in [1.29, 1.82) is 0 Å². The maximum absolute atomic E-state index is 10.2. The van der Waals surface area contributed by atoms with Crippen molar-refractivity contribution in [3.8, 4) is 0 Å². The maximum atomic E-state index is 10.2. The number of carbonyl (C=O) groups is 1. The highest BCUT2D eigenvalue weighted by molar-refractivity contribution is 5.87. The Morgan fingerprint density at radius 1 is 1.50 bits per heavy atom. The Labute approximate surface area is 69.4 Å². The molecule has 0 atom stereocenters. The third-order valence-corrected chi connectivity index (χ3v) is 1.04. The zero-order valence-electron chi connectivity index (χ0n) is 7.09. The van der Waals surface area contributed by atoms with Crippen LogP contribution in [0.5, 0.6) is 0 Å². The summed E-state index contributed by atoms with van der Waals surface area (Å²) in [5.41, 5.74) is 0. The number of hydrogen-bond acceptors (Lipinski definition) is 3. The van der Waals surface area contributed by atoms with E-state index in [1.54, 1.807) is 14.1 Å². The van der Waals surface area contributed by atoms with Crippen molar-refractivity contribution in [3.63, 3.8) is 0 Å². The van der Waals surface area contributed by atoms with Gasteiger partial charge in [0.15, 0.2) is 5.03 Å². The van der Waals surface area contributed by atoms with Crippen molar-refractivity contribution >= 4 is 12.4 Å². The molecular weight excluding hydrogens is 164 g/mol. The fourth-order valence-electron chi connectivity index (χ4n) is 0.596. The largest absolute Gasteiger partial charge is 0.343 e. The first-order valence-corrected chi connectivity index (χ1v) is 3.07. The molecule has 0 aromatic rings. The molecule has 0 fully saturated rings. The second-order valence-electron chi connectivity index (χ2n) is 2.25. The molecule has 0 aliphatic carbocycles. The first-order chi connectivity index (χ1) is 5.49. The minimum atomic E-state index is -0.852. The molecule has 0 unspecified atom stereocenters. The Kier molecular flexibility index (Phi) is 3.68. The van der Waals surface area contributed by atoms with Crippen LogP contribution in [0.15, 0.2) is 5.10 Å². The van der Waals surface area contributed by atoms with Gasteiger partial charge in [-0.15, -0.1) is 0 Å². The monoisotopic (exact) mass is 174 g/mol. The van der Waals surface area contributed by atoms with Crippen LogP contribution < -0.4 is 0 Å². The smallest absolute Gasteiger partial charge is 0.279 e. The fraction of sp³-hybridized carbons (Fsp3) is 0.600. The summed E-state index contributed by atoms with van der Waals surface area (Å²) in [6, 6.07) is 0. The molecule has 7 heteroatoms. The van der Waals surface area contributed by atoms with Crippen LogP contribution in [0.4, 0.5) is 0 Å².